The zero-order valence-corrected chi connectivity index (χ0v) is 20.3. The first-order valence-electron chi connectivity index (χ1n) is 12.4. The van der Waals surface area contributed by atoms with Gasteiger partial charge in [-0.3, -0.25) is 19.3 Å². The van der Waals surface area contributed by atoms with Crippen LogP contribution in [0, 0.1) is 0 Å². The predicted molar refractivity (Wildman–Crippen MR) is 138 cm³/mol. The molecule has 5 rings (SSSR count). The van der Waals surface area contributed by atoms with Gasteiger partial charge in [-0.2, -0.15) is 0 Å². The number of fused-ring (bicyclic) bond motifs is 2. The van der Waals surface area contributed by atoms with Crippen LogP contribution in [0.4, 0.5) is 10.5 Å². The molecule has 1 fully saturated rings. The minimum absolute atomic E-state index is 0.253. The fourth-order valence-electron chi connectivity index (χ4n) is 5.15. The molecule has 5 amide bonds. The van der Waals surface area contributed by atoms with E-state index in [1.807, 2.05) is 60.7 Å². The first kappa shape index (κ1) is 24.2. The summed E-state index contributed by atoms with van der Waals surface area (Å²) in [4.78, 5) is 53.6. The molecule has 2 atom stereocenters. The average Bonchev–Trinajstić information content (AvgIpc) is 3.14. The number of hydrogen-bond acceptors (Lipinski definition) is 4. The summed E-state index contributed by atoms with van der Waals surface area (Å²) < 4.78 is 0. The Labute approximate surface area is 215 Å². The highest BCUT2D eigenvalue weighted by Gasteiger charge is 2.54. The largest absolute Gasteiger partial charge is 0.342 e. The summed E-state index contributed by atoms with van der Waals surface area (Å²) in [6, 6.07) is 24.4. The van der Waals surface area contributed by atoms with Crippen molar-refractivity contribution in [2.24, 2.45) is 0 Å². The monoisotopic (exact) mass is 496 g/mol. The van der Waals surface area contributed by atoms with Gasteiger partial charge in [-0.25, -0.2) is 4.79 Å². The molecule has 37 heavy (non-hydrogen) atoms. The molecule has 3 aromatic carbocycles. The highest BCUT2D eigenvalue weighted by atomic mass is 16.2. The summed E-state index contributed by atoms with van der Waals surface area (Å²) in [6.45, 7) is -0.474. The van der Waals surface area contributed by atoms with Crippen molar-refractivity contribution >= 4 is 29.4 Å². The van der Waals surface area contributed by atoms with Crippen molar-refractivity contribution in [1.82, 2.24) is 15.5 Å². The maximum atomic E-state index is 13.5. The second-order valence-electron chi connectivity index (χ2n) is 9.40. The number of nitrogens with one attached hydrogen (secondary N) is 3. The van der Waals surface area contributed by atoms with E-state index in [0.717, 1.165) is 34.4 Å². The van der Waals surface area contributed by atoms with Crippen molar-refractivity contribution in [2.45, 2.75) is 37.3 Å². The van der Waals surface area contributed by atoms with Gasteiger partial charge in [-0.1, -0.05) is 72.8 Å². The number of nitrogens with zero attached hydrogens (tertiary/aromatic N) is 1. The molecule has 2 aliphatic rings. The smallest absolute Gasteiger partial charge is 0.325 e. The predicted octanol–water partition coefficient (Wildman–Crippen LogP) is 3.14. The Kier molecular flexibility index (Phi) is 6.72. The zero-order chi connectivity index (χ0) is 25.8. The van der Waals surface area contributed by atoms with E-state index >= 15 is 0 Å². The van der Waals surface area contributed by atoms with Crippen molar-refractivity contribution in [1.29, 1.82) is 0 Å². The molecule has 1 spiro atoms. The summed E-state index contributed by atoms with van der Waals surface area (Å²) >= 11 is 0. The van der Waals surface area contributed by atoms with Gasteiger partial charge in [0.2, 0.25) is 11.8 Å². The Morgan fingerprint density at radius 1 is 0.919 bits per heavy atom. The van der Waals surface area contributed by atoms with E-state index in [1.165, 1.54) is 0 Å². The van der Waals surface area contributed by atoms with Crippen LogP contribution in [0.1, 0.15) is 29.5 Å². The third-order valence-corrected chi connectivity index (χ3v) is 6.93. The van der Waals surface area contributed by atoms with Crippen LogP contribution < -0.4 is 16.0 Å². The molecule has 1 saturated heterocycles. The maximum absolute atomic E-state index is 13.5. The van der Waals surface area contributed by atoms with E-state index in [0.29, 0.717) is 12.1 Å². The minimum Gasteiger partial charge on any atom is -0.342 e. The Morgan fingerprint density at radius 3 is 2.35 bits per heavy atom. The van der Waals surface area contributed by atoms with Crippen LogP contribution in [0.5, 0.6) is 0 Å². The molecule has 3 N–H and O–H groups in total. The van der Waals surface area contributed by atoms with Crippen molar-refractivity contribution in [2.75, 3.05) is 11.9 Å². The van der Waals surface area contributed by atoms with Gasteiger partial charge in [0.25, 0.3) is 5.91 Å². The van der Waals surface area contributed by atoms with Gasteiger partial charge in [0.1, 0.15) is 18.1 Å². The third-order valence-electron chi connectivity index (χ3n) is 6.93. The van der Waals surface area contributed by atoms with E-state index < -0.39 is 41.9 Å². The highest BCUT2D eigenvalue weighted by Crippen LogP contribution is 2.39. The molecule has 1 aliphatic carbocycles. The molecular weight excluding hydrogens is 468 g/mol. The van der Waals surface area contributed by atoms with Gasteiger partial charge in [0.05, 0.1) is 0 Å². The number of hydrogen-bond donors (Lipinski definition) is 3. The number of benzene rings is 3. The van der Waals surface area contributed by atoms with Crippen molar-refractivity contribution in [3.8, 4) is 0 Å². The summed E-state index contributed by atoms with van der Waals surface area (Å²) in [5.41, 5.74) is 2.12. The Morgan fingerprint density at radius 2 is 1.59 bits per heavy atom. The molecule has 0 bridgehead atoms. The van der Waals surface area contributed by atoms with Crippen molar-refractivity contribution in [3.05, 3.63) is 102 Å². The Bertz CT molecular complexity index is 1330. The minimum atomic E-state index is -1.15. The molecule has 8 nitrogen and oxygen atoms in total. The first-order chi connectivity index (χ1) is 18.0. The van der Waals surface area contributed by atoms with Gasteiger partial charge in [-0.05, 0) is 48.1 Å². The number of aryl methyl sites for hydroxylation is 1. The lowest BCUT2D eigenvalue weighted by Crippen LogP contribution is -2.50. The van der Waals surface area contributed by atoms with E-state index in [2.05, 4.69) is 16.0 Å². The number of para-hydroxylation sites is 1. The lowest BCUT2D eigenvalue weighted by Gasteiger charge is -2.33. The standard InChI is InChI=1S/C29H28N4O4/c34-25(19-33-27(36)29(32-28(33)37)17-9-13-21-12-7-8-16-23(21)29)31-24(18-20-10-3-1-4-11-20)26(35)30-22-14-5-2-6-15-22/h1-8,10-12,14-16,24H,9,13,17-19H2,(H,30,35)(H,31,34)(H,32,37)/t24-,29?/m0/s1. The van der Waals surface area contributed by atoms with Gasteiger partial charge < -0.3 is 16.0 Å². The molecule has 1 heterocycles. The number of rotatable bonds is 7. The Balaban J connectivity index is 1.32. The molecule has 1 aliphatic heterocycles. The number of urea groups is 1. The van der Waals surface area contributed by atoms with E-state index in [4.69, 9.17) is 0 Å². The fourth-order valence-corrected chi connectivity index (χ4v) is 5.15. The van der Waals surface area contributed by atoms with Crippen molar-refractivity contribution in [3.63, 3.8) is 0 Å². The number of imide groups is 1. The third kappa shape index (κ3) is 4.95. The Hall–Kier alpha value is -4.46. The maximum Gasteiger partial charge on any atom is 0.325 e. The van der Waals surface area contributed by atoms with Crippen molar-refractivity contribution < 1.29 is 19.2 Å². The van der Waals surface area contributed by atoms with Crippen LogP contribution in [0.2, 0.25) is 0 Å². The molecule has 8 heteroatoms. The van der Waals surface area contributed by atoms with Crippen LogP contribution in [-0.4, -0.2) is 41.2 Å². The summed E-state index contributed by atoms with van der Waals surface area (Å²) in [5.74, 6) is -1.42. The van der Waals surface area contributed by atoms with E-state index in [1.54, 1.807) is 24.3 Å². The molecule has 188 valence electrons. The fraction of sp³-hybridized carbons (Fsp3) is 0.241. The number of anilines is 1. The quantitative estimate of drug-likeness (QED) is 0.437. The summed E-state index contributed by atoms with van der Waals surface area (Å²) in [6.07, 6.45) is 2.31. The second kappa shape index (κ2) is 10.3. The van der Waals surface area contributed by atoms with Crippen LogP contribution in [0.15, 0.2) is 84.9 Å². The van der Waals surface area contributed by atoms with Gasteiger partial charge in [-0.15, -0.1) is 0 Å². The number of carbonyl (C=O) groups is 4. The average molecular weight is 497 g/mol. The van der Waals surface area contributed by atoms with Crippen LogP contribution >= 0.6 is 0 Å². The number of carbonyl (C=O) groups excluding carboxylic acids is 4. The molecule has 1 unspecified atom stereocenters. The summed E-state index contributed by atoms with van der Waals surface area (Å²) in [5, 5.41) is 8.42. The normalized spacial score (nSPS) is 19.2. The molecular formula is C29H28N4O4. The number of amides is 5. The molecule has 0 aromatic heterocycles. The molecule has 0 saturated carbocycles. The molecule has 0 radical (unpaired) electrons. The van der Waals surface area contributed by atoms with Gasteiger partial charge in [0, 0.05) is 12.1 Å². The SMILES string of the molecule is O=C(CN1C(=O)NC2(CCCc3ccccc32)C1=O)N[C@@H](Cc1ccccc1)C(=O)Nc1ccccc1. The summed E-state index contributed by atoms with van der Waals surface area (Å²) in [7, 11) is 0. The van der Waals surface area contributed by atoms with Crippen LogP contribution in [-0.2, 0) is 32.8 Å². The zero-order valence-electron chi connectivity index (χ0n) is 20.3. The van der Waals surface area contributed by atoms with E-state index in [9.17, 15) is 19.2 Å². The van der Waals surface area contributed by atoms with Crippen LogP contribution in [0.3, 0.4) is 0 Å². The molecule has 3 aromatic rings. The van der Waals surface area contributed by atoms with Gasteiger partial charge in [0.15, 0.2) is 0 Å². The topological polar surface area (TPSA) is 108 Å². The van der Waals surface area contributed by atoms with E-state index in [-0.39, 0.29) is 6.42 Å². The van der Waals surface area contributed by atoms with Crippen LogP contribution in [0.25, 0.3) is 0 Å². The lowest BCUT2D eigenvalue weighted by molar-refractivity contribution is -0.136. The first-order valence-corrected chi connectivity index (χ1v) is 12.4. The second-order valence-corrected chi connectivity index (χ2v) is 9.40. The highest BCUT2D eigenvalue weighted by molar-refractivity contribution is 6.10. The van der Waals surface area contributed by atoms with Gasteiger partial charge >= 0.3 is 6.03 Å². The lowest BCUT2D eigenvalue weighted by atomic mass is 9.76.